The molecule has 0 aliphatic carbocycles. The van der Waals surface area contributed by atoms with Crippen LogP contribution < -0.4 is 0 Å². The van der Waals surface area contributed by atoms with Gasteiger partial charge in [-0.1, -0.05) is 79.4 Å². The van der Waals surface area contributed by atoms with Crippen molar-refractivity contribution in [2.24, 2.45) is 0 Å². The zero-order valence-corrected chi connectivity index (χ0v) is 19.1. The Bertz CT molecular complexity index is 1210. The maximum absolute atomic E-state index is 4.78. The third-order valence-corrected chi connectivity index (χ3v) is 4.78. The molecule has 160 valence electrons. The number of rotatable bonds is 7. The number of nitrogens with zero attached hydrogens (tertiary/aromatic N) is 4. The fourth-order valence-electron chi connectivity index (χ4n) is 3.25. The molecular weight excluding hydrogens is 392 g/mol. The summed E-state index contributed by atoms with van der Waals surface area (Å²) in [7, 11) is 0. The summed E-state index contributed by atoms with van der Waals surface area (Å²) in [6, 6.07) is 14.2. The zero-order valence-electron chi connectivity index (χ0n) is 19.1. The normalized spacial score (nSPS) is 12.6. The predicted octanol–water partition coefficient (Wildman–Crippen LogP) is 7.03. The van der Waals surface area contributed by atoms with Gasteiger partial charge in [0, 0.05) is 28.0 Å². The Morgan fingerprint density at radius 1 is 0.750 bits per heavy atom. The molecule has 0 amide bonds. The zero-order chi connectivity index (χ0) is 22.9. The van der Waals surface area contributed by atoms with Gasteiger partial charge < -0.3 is 0 Å². The van der Waals surface area contributed by atoms with Crippen LogP contribution in [0, 0.1) is 6.92 Å². The fraction of sp³-hybridized carbons (Fsp3) is 0.143. The monoisotopic (exact) mass is 420 g/mol. The van der Waals surface area contributed by atoms with Gasteiger partial charge in [0.15, 0.2) is 17.5 Å². The Morgan fingerprint density at radius 2 is 1.38 bits per heavy atom. The molecular formula is C28H28N4. The molecule has 0 spiro atoms. The van der Waals surface area contributed by atoms with Gasteiger partial charge in [-0.05, 0) is 39.8 Å². The maximum Gasteiger partial charge on any atom is 0.164 e. The van der Waals surface area contributed by atoms with E-state index in [1.165, 1.54) is 0 Å². The molecule has 0 fully saturated rings. The third kappa shape index (κ3) is 5.41. The molecule has 2 heterocycles. The molecule has 0 bridgehead atoms. The van der Waals surface area contributed by atoms with Crippen LogP contribution >= 0.6 is 0 Å². The van der Waals surface area contributed by atoms with Gasteiger partial charge in [0.2, 0.25) is 0 Å². The van der Waals surface area contributed by atoms with Crippen molar-refractivity contribution in [1.82, 2.24) is 19.9 Å². The van der Waals surface area contributed by atoms with Gasteiger partial charge in [-0.3, -0.25) is 4.98 Å². The first-order valence-electron chi connectivity index (χ1n) is 10.6. The van der Waals surface area contributed by atoms with Crippen molar-refractivity contribution in [3.05, 3.63) is 109 Å². The van der Waals surface area contributed by atoms with Crippen molar-refractivity contribution in [2.45, 2.75) is 27.7 Å². The number of hydrogen-bond donors (Lipinski definition) is 0. The van der Waals surface area contributed by atoms with Crippen LogP contribution in [0.2, 0.25) is 0 Å². The second-order valence-electron chi connectivity index (χ2n) is 7.15. The van der Waals surface area contributed by atoms with Crippen LogP contribution in [-0.4, -0.2) is 19.9 Å². The van der Waals surface area contributed by atoms with Crippen LogP contribution in [0.1, 0.15) is 38.1 Å². The van der Waals surface area contributed by atoms with Gasteiger partial charge in [0.1, 0.15) is 0 Å². The molecule has 0 aliphatic rings. The van der Waals surface area contributed by atoms with Gasteiger partial charge >= 0.3 is 0 Å². The standard InChI is InChI=1S/C28H28N4/c1-6-11-21(9-4)26-30-27(23(12-7-2)13-8-3)32-28(31-26)24-18-16-22(17-19-24)25-15-10-14-20(5)29-25/h6-19H,2H2,1,3-5H3/b11-6-,13-8-,21-9+,23-12+. The Hall–Kier alpha value is -3.92. The number of aromatic nitrogens is 4. The second-order valence-corrected chi connectivity index (χ2v) is 7.15. The second kappa shape index (κ2) is 10.9. The maximum atomic E-state index is 4.78. The molecule has 4 nitrogen and oxygen atoms in total. The molecule has 4 heteroatoms. The minimum atomic E-state index is 0.608. The average molecular weight is 421 g/mol. The fourth-order valence-corrected chi connectivity index (χ4v) is 3.25. The molecule has 2 aromatic heterocycles. The van der Waals surface area contributed by atoms with E-state index in [1.807, 2.05) is 94.5 Å². The molecule has 0 radical (unpaired) electrons. The highest BCUT2D eigenvalue weighted by Crippen LogP contribution is 2.25. The van der Waals surface area contributed by atoms with Crippen LogP contribution in [0.15, 0.2) is 91.6 Å². The summed E-state index contributed by atoms with van der Waals surface area (Å²) >= 11 is 0. The summed E-state index contributed by atoms with van der Waals surface area (Å²) in [5.41, 5.74) is 5.73. The molecule has 3 aromatic rings. The summed E-state index contributed by atoms with van der Waals surface area (Å²) in [6.07, 6.45) is 13.6. The van der Waals surface area contributed by atoms with E-state index in [1.54, 1.807) is 6.08 Å². The lowest BCUT2D eigenvalue weighted by Gasteiger charge is -2.10. The number of aryl methyl sites for hydroxylation is 1. The highest BCUT2D eigenvalue weighted by atomic mass is 15.0. The van der Waals surface area contributed by atoms with E-state index in [0.29, 0.717) is 17.5 Å². The lowest BCUT2D eigenvalue weighted by atomic mass is 10.1. The van der Waals surface area contributed by atoms with E-state index in [2.05, 4.69) is 23.7 Å². The molecule has 1 aromatic carbocycles. The molecule has 32 heavy (non-hydrogen) atoms. The van der Waals surface area contributed by atoms with Crippen LogP contribution in [0.5, 0.6) is 0 Å². The Balaban J connectivity index is 2.13. The van der Waals surface area contributed by atoms with E-state index in [9.17, 15) is 0 Å². The average Bonchev–Trinajstić information content (AvgIpc) is 2.82. The molecule has 0 unspecified atom stereocenters. The van der Waals surface area contributed by atoms with E-state index in [-0.39, 0.29) is 0 Å². The van der Waals surface area contributed by atoms with Crippen molar-refractivity contribution >= 4 is 11.1 Å². The van der Waals surface area contributed by atoms with E-state index in [4.69, 9.17) is 15.0 Å². The lowest BCUT2D eigenvalue weighted by Crippen LogP contribution is -2.04. The highest BCUT2D eigenvalue weighted by Gasteiger charge is 2.13. The quantitative estimate of drug-likeness (QED) is 0.385. The largest absolute Gasteiger partial charge is 0.253 e. The van der Waals surface area contributed by atoms with Gasteiger partial charge in [-0.15, -0.1) is 0 Å². The summed E-state index contributed by atoms with van der Waals surface area (Å²) in [4.78, 5) is 18.9. The summed E-state index contributed by atoms with van der Waals surface area (Å²) in [5, 5.41) is 0. The molecule has 0 saturated carbocycles. The number of benzene rings is 1. The minimum absolute atomic E-state index is 0.608. The first-order valence-corrected chi connectivity index (χ1v) is 10.6. The predicted molar refractivity (Wildman–Crippen MR) is 135 cm³/mol. The molecule has 3 rings (SSSR count). The highest BCUT2D eigenvalue weighted by molar-refractivity contribution is 5.75. The number of hydrogen-bond acceptors (Lipinski definition) is 4. The van der Waals surface area contributed by atoms with Crippen LogP contribution in [0.3, 0.4) is 0 Å². The Morgan fingerprint density at radius 3 is 1.97 bits per heavy atom. The number of allylic oxidation sites excluding steroid dienone is 9. The summed E-state index contributed by atoms with van der Waals surface area (Å²) < 4.78 is 0. The van der Waals surface area contributed by atoms with Crippen LogP contribution in [-0.2, 0) is 0 Å². The third-order valence-electron chi connectivity index (χ3n) is 4.78. The van der Waals surface area contributed by atoms with E-state index < -0.39 is 0 Å². The van der Waals surface area contributed by atoms with E-state index >= 15 is 0 Å². The summed E-state index contributed by atoms with van der Waals surface area (Å²) in [5.74, 6) is 1.86. The van der Waals surface area contributed by atoms with Gasteiger partial charge in [0.05, 0.1) is 5.69 Å². The first-order chi connectivity index (χ1) is 15.6. The molecule has 0 N–H and O–H groups in total. The van der Waals surface area contributed by atoms with Crippen molar-refractivity contribution in [3.8, 4) is 22.6 Å². The van der Waals surface area contributed by atoms with Gasteiger partial charge in [-0.25, -0.2) is 15.0 Å². The van der Waals surface area contributed by atoms with E-state index in [0.717, 1.165) is 33.7 Å². The number of pyridine rings is 1. The van der Waals surface area contributed by atoms with Crippen molar-refractivity contribution < 1.29 is 0 Å². The lowest BCUT2D eigenvalue weighted by molar-refractivity contribution is 1.00. The Labute approximate surface area is 190 Å². The molecule has 0 atom stereocenters. The van der Waals surface area contributed by atoms with Crippen LogP contribution in [0.25, 0.3) is 33.8 Å². The SMILES string of the molecule is C=C/C=C(\C=C/C)c1nc(C(/C=C\C)=C/C)nc(-c2ccc(-c3cccc(C)n3)cc2)n1. The van der Waals surface area contributed by atoms with Gasteiger partial charge in [0.25, 0.3) is 0 Å². The van der Waals surface area contributed by atoms with Crippen LogP contribution in [0.4, 0.5) is 0 Å². The first kappa shape index (κ1) is 22.8. The smallest absolute Gasteiger partial charge is 0.164 e. The topological polar surface area (TPSA) is 51.6 Å². The Kier molecular flexibility index (Phi) is 7.76. The molecule has 0 saturated heterocycles. The minimum Gasteiger partial charge on any atom is -0.253 e. The van der Waals surface area contributed by atoms with Crippen molar-refractivity contribution in [1.29, 1.82) is 0 Å². The van der Waals surface area contributed by atoms with Crippen molar-refractivity contribution in [3.63, 3.8) is 0 Å². The summed E-state index contributed by atoms with van der Waals surface area (Å²) in [6.45, 7) is 11.7. The molecule has 0 aliphatic heterocycles. The van der Waals surface area contributed by atoms with Crippen molar-refractivity contribution in [2.75, 3.05) is 0 Å². The van der Waals surface area contributed by atoms with Gasteiger partial charge in [-0.2, -0.15) is 0 Å².